The van der Waals surface area contributed by atoms with E-state index in [1.165, 1.54) is 6.92 Å². The molecule has 0 saturated heterocycles. The highest BCUT2D eigenvalue weighted by Gasteiger charge is 1.81. The van der Waals surface area contributed by atoms with Crippen molar-refractivity contribution in [2.24, 2.45) is 0 Å². The van der Waals surface area contributed by atoms with Crippen LogP contribution >= 0.6 is 0 Å². The Morgan fingerprint density at radius 1 is 1.44 bits per heavy atom. The molecule has 0 spiro atoms. The van der Waals surface area contributed by atoms with Crippen molar-refractivity contribution in [3.05, 3.63) is 30.3 Å². The molecule has 1 heteroatoms. The fourth-order valence-corrected chi connectivity index (χ4v) is 0.666. The first-order valence-electron chi connectivity index (χ1n) is 3.91. The first-order valence-corrected chi connectivity index (χ1v) is 2.91. The van der Waals surface area contributed by atoms with E-state index in [1.807, 2.05) is 30.3 Å². The number of rotatable bonds is 2. The topological polar surface area (TPSA) is 12.0 Å². The third-order valence-electron chi connectivity index (χ3n) is 1.04. The second-order valence-corrected chi connectivity index (χ2v) is 1.74. The van der Waals surface area contributed by atoms with E-state index < -0.39 is 6.50 Å². The lowest BCUT2D eigenvalue weighted by atomic mass is 10.3. The molecule has 1 N–H and O–H groups in total. The van der Waals surface area contributed by atoms with Crippen LogP contribution in [-0.4, -0.2) is 6.50 Å². The lowest BCUT2D eigenvalue weighted by Gasteiger charge is -1.99. The summed E-state index contributed by atoms with van der Waals surface area (Å²) in [6, 6.07) is 9.31. The van der Waals surface area contributed by atoms with Gasteiger partial charge in [0.2, 0.25) is 0 Å². The average molecular weight is 123 g/mol. The van der Waals surface area contributed by atoms with Crippen molar-refractivity contribution < 1.29 is 2.74 Å². The molecule has 0 aliphatic carbocycles. The molecule has 48 valence electrons. The van der Waals surface area contributed by atoms with Crippen LogP contribution in [0.4, 0.5) is 5.69 Å². The van der Waals surface area contributed by atoms with Crippen molar-refractivity contribution in [2.45, 2.75) is 6.92 Å². The largest absolute Gasteiger partial charge is 0.385 e. The summed E-state index contributed by atoms with van der Waals surface area (Å²) in [5.74, 6) is 0. The molecule has 0 aliphatic rings. The Morgan fingerprint density at radius 2 is 2.11 bits per heavy atom. The molecule has 0 radical (unpaired) electrons. The van der Waals surface area contributed by atoms with Gasteiger partial charge in [0.05, 0.1) is 0 Å². The second kappa shape index (κ2) is 3.13. The maximum atomic E-state index is 7.22. The first-order chi connectivity index (χ1) is 5.08. The number of hydrogen-bond acceptors (Lipinski definition) is 1. The Kier molecular flexibility index (Phi) is 1.37. The van der Waals surface area contributed by atoms with E-state index in [4.69, 9.17) is 2.74 Å². The van der Waals surface area contributed by atoms with Gasteiger partial charge in [0.15, 0.2) is 0 Å². The highest BCUT2D eigenvalue weighted by Crippen LogP contribution is 2.02. The summed E-state index contributed by atoms with van der Waals surface area (Å²) in [5.41, 5.74) is 0.806. The van der Waals surface area contributed by atoms with Gasteiger partial charge in [0, 0.05) is 14.9 Å². The molecule has 9 heavy (non-hydrogen) atoms. The zero-order chi connectivity index (χ0) is 8.32. The number of nitrogens with one attached hydrogen (secondary N) is 1. The molecule has 0 saturated carbocycles. The van der Waals surface area contributed by atoms with Crippen LogP contribution in [0.15, 0.2) is 30.3 Å². The van der Waals surface area contributed by atoms with Crippen LogP contribution in [0.3, 0.4) is 0 Å². The van der Waals surface area contributed by atoms with E-state index in [2.05, 4.69) is 5.32 Å². The van der Waals surface area contributed by atoms with Gasteiger partial charge in [-0.3, -0.25) is 0 Å². The van der Waals surface area contributed by atoms with Crippen molar-refractivity contribution in [1.82, 2.24) is 0 Å². The summed E-state index contributed by atoms with van der Waals surface area (Å²) >= 11 is 0. The summed E-state index contributed by atoms with van der Waals surface area (Å²) in [7, 11) is 0. The standard InChI is InChI=1S/C8H11N/c1-2-9-8-6-4-3-5-7-8/h3-7,9H,2H2,1H3/i2D2. The van der Waals surface area contributed by atoms with Gasteiger partial charge in [0.25, 0.3) is 0 Å². The van der Waals surface area contributed by atoms with Gasteiger partial charge in [-0.2, -0.15) is 0 Å². The number of hydrogen-bond donors (Lipinski definition) is 1. The predicted octanol–water partition coefficient (Wildman–Crippen LogP) is 2.12. The summed E-state index contributed by atoms with van der Waals surface area (Å²) in [6.45, 7) is 0.140. The Hall–Kier alpha value is -0.980. The normalized spacial score (nSPS) is 13.9. The lowest BCUT2D eigenvalue weighted by molar-refractivity contribution is 1.21. The van der Waals surface area contributed by atoms with Gasteiger partial charge in [-0.1, -0.05) is 18.2 Å². The molecule has 0 heterocycles. The van der Waals surface area contributed by atoms with Crippen molar-refractivity contribution in [3.8, 4) is 0 Å². The Bertz CT molecular complexity index is 215. The molecule has 0 aliphatic heterocycles. The van der Waals surface area contributed by atoms with Gasteiger partial charge >= 0.3 is 0 Å². The fourth-order valence-electron chi connectivity index (χ4n) is 0.666. The van der Waals surface area contributed by atoms with Crippen LogP contribution in [-0.2, 0) is 0 Å². The monoisotopic (exact) mass is 123 g/mol. The Labute approximate surface area is 58.5 Å². The summed E-state index contributed by atoms with van der Waals surface area (Å²) in [6.07, 6.45) is 0. The van der Waals surface area contributed by atoms with Gasteiger partial charge in [-0.25, -0.2) is 0 Å². The molecule has 0 fully saturated rings. The SMILES string of the molecule is [2H]C([2H])(C)Nc1ccccc1. The lowest BCUT2D eigenvalue weighted by Crippen LogP contribution is -1.94. The maximum absolute atomic E-state index is 7.22. The molecule has 1 nitrogen and oxygen atoms in total. The zero-order valence-corrected chi connectivity index (χ0v) is 5.39. The molecular weight excluding hydrogens is 110 g/mol. The van der Waals surface area contributed by atoms with E-state index >= 15 is 0 Å². The van der Waals surface area contributed by atoms with Gasteiger partial charge in [-0.15, -0.1) is 0 Å². The van der Waals surface area contributed by atoms with Gasteiger partial charge in [-0.05, 0) is 19.1 Å². The number of benzene rings is 1. The molecule has 1 rings (SSSR count). The minimum atomic E-state index is -1.35. The van der Waals surface area contributed by atoms with Crippen LogP contribution < -0.4 is 5.32 Å². The van der Waals surface area contributed by atoms with Gasteiger partial charge in [0.1, 0.15) is 0 Å². The number of anilines is 1. The quantitative estimate of drug-likeness (QED) is 0.635. The molecular formula is C8H11N. The Morgan fingerprint density at radius 3 is 2.67 bits per heavy atom. The molecule has 0 atom stereocenters. The fraction of sp³-hybridized carbons (Fsp3) is 0.250. The third kappa shape index (κ3) is 1.76. The van der Waals surface area contributed by atoms with Crippen molar-refractivity contribution in [2.75, 3.05) is 11.8 Å². The van der Waals surface area contributed by atoms with Gasteiger partial charge < -0.3 is 5.32 Å². The summed E-state index contributed by atoms with van der Waals surface area (Å²) in [4.78, 5) is 0. The van der Waals surface area contributed by atoms with Crippen LogP contribution in [0.5, 0.6) is 0 Å². The van der Waals surface area contributed by atoms with Crippen LogP contribution in [0.25, 0.3) is 0 Å². The second-order valence-electron chi connectivity index (χ2n) is 1.74. The van der Waals surface area contributed by atoms with Crippen LogP contribution in [0, 0.1) is 0 Å². The zero-order valence-electron chi connectivity index (χ0n) is 7.39. The minimum absolute atomic E-state index is 0.806. The molecule has 1 aromatic rings. The molecule has 0 unspecified atom stereocenters. The Balaban J connectivity index is 2.66. The highest BCUT2D eigenvalue weighted by atomic mass is 14.8. The molecule has 1 aromatic carbocycles. The molecule has 0 aromatic heterocycles. The van der Waals surface area contributed by atoms with Crippen LogP contribution in [0.1, 0.15) is 9.67 Å². The van der Waals surface area contributed by atoms with Crippen LogP contribution in [0.2, 0.25) is 0 Å². The highest BCUT2D eigenvalue weighted by molar-refractivity contribution is 5.41. The average Bonchev–Trinajstić information content (AvgIpc) is 1.85. The predicted molar refractivity (Wildman–Crippen MR) is 40.6 cm³/mol. The maximum Gasteiger partial charge on any atom is 0.0487 e. The van der Waals surface area contributed by atoms with E-state index in [0.29, 0.717) is 0 Å². The molecule has 0 bridgehead atoms. The van der Waals surface area contributed by atoms with E-state index in [0.717, 1.165) is 5.69 Å². The van der Waals surface area contributed by atoms with E-state index in [1.54, 1.807) is 0 Å². The minimum Gasteiger partial charge on any atom is -0.385 e. The summed E-state index contributed by atoms with van der Waals surface area (Å²) in [5, 5.41) is 2.71. The smallest absolute Gasteiger partial charge is 0.0487 e. The van der Waals surface area contributed by atoms with Crippen molar-refractivity contribution in [3.63, 3.8) is 0 Å². The van der Waals surface area contributed by atoms with E-state index in [9.17, 15) is 0 Å². The third-order valence-corrected chi connectivity index (χ3v) is 1.04. The molecule has 0 amide bonds. The number of para-hydroxylation sites is 1. The first kappa shape index (κ1) is 3.94. The van der Waals surface area contributed by atoms with Crippen molar-refractivity contribution in [1.29, 1.82) is 0 Å². The van der Waals surface area contributed by atoms with E-state index in [-0.39, 0.29) is 0 Å². The summed E-state index contributed by atoms with van der Waals surface area (Å²) < 4.78 is 14.4. The van der Waals surface area contributed by atoms with Crippen molar-refractivity contribution >= 4 is 5.69 Å².